The molecule has 1 rings (SSSR count). The summed E-state index contributed by atoms with van der Waals surface area (Å²) in [6.07, 6.45) is 1.37. The van der Waals surface area contributed by atoms with E-state index in [0.717, 1.165) is 23.3 Å². The molecule has 120 valence electrons. The van der Waals surface area contributed by atoms with Crippen LogP contribution in [0.3, 0.4) is 0 Å². The molecule has 0 saturated heterocycles. The predicted octanol–water partition coefficient (Wildman–Crippen LogP) is 3.12. The molecule has 0 unspecified atom stereocenters. The average Bonchev–Trinajstić information content (AvgIpc) is 2.50. The van der Waals surface area contributed by atoms with Gasteiger partial charge in [-0.05, 0) is 46.5 Å². The van der Waals surface area contributed by atoms with Gasteiger partial charge in [0.1, 0.15) is 12.4 Å². The maximum Gasteiger partial charge on any atom is 0.133 e. The molecule has 0 amide bonds. The van der Waals surface area contributed by atoms with Crippen LogP contribution in [0.5, 0.6) is 5.75 Å². The van der Waals surface area contributed by atoms with Gasteiger partial charge in [-0.2, -0.15) is 0 Å². The summed E-state index contributed by atoms with van der Waals surface area (Å²) in [5, 5.41) is 13.5. The molecule has 0 fully saturated rings. The number of nitrogens with one attached hydrogen (secondary N) is 1. The first-order valence-electron chi connectivity index (χ1n) is 7.38. The first-order chi connectivity index (χ1) is 10.0. The van der Waals surface area contributed by atoms with Crippen molar-refractivity contribution in [3.05, 3.63) is 28.2 Å². The molecule has 4 nitrogen and oxygen atoms in total. The summed E-state index contributed by atoms with van der Waals surface area (Å²) < 4.78 is 11.6. The number of rotatable bonds is 10. The van der Waals surface area contributed by atoms with Crippen LogP contribution in [0.1, 0.15) is 32.3 Å². The van der Waals surface area contributed by atoms with Crippen LogP contribution in [0, 0.1) is 0 Å². The highest BCUT2D eigenvalue weighted by atomic mass is 79.9. The van der Waals surface area contributed by atoms with Gasteiger partial charge in [0.25, 0.3) is 0 Å². The smallest absolute Gasteiger partial charge is 0.133 e. The van der Waals surface area contributed by atoms with Crippen LogP contribution in [0.4, 0.5) is 0 Å². The number of halogens is 1. The van der Waals surface area contributed by atoms with Crippen molar-refractivity contribution >= 4 is 15.9 Å². The molecule has 0 saturated carbocycles. The van der Waals surface area contributed by atoms with E-state index in [1.165, 1.54) is 5.56 Å². The Labute approximate surface area is 136 Å². The number of ether oxygens (including phenoxy) is 2. The van der Waals surface area contributed by atoms with Gasteiger partial charge < -0.3 is 19.9 Å². The molecule has 2 N–H and O–H groups in total. The Bertz CT molecular complexity index is 422. The minimum atomic E-state index is -0.750. The van der Waals surface area contributed by atoms with Crippen molar-refractivity contribution in [2.45, 2.75) is 38.8 Å². The second-order valence-corrected chi connectivity index (χ2v) is 6.01. The van der Waals surface area contributed by atoms with Crippen molar-refractivity contribution in [1.29, 1.82) is 0 Å². The molecule has 0 bridgehead atoms. The van der Waals surface area contributed by atoms with E-state index in [9.17, 15) is 5.11 Å². The molecule has 0 heterocycles. The Morgan fingerprint density at radius 2 is 2.00 bits per heavy atom. The number of benzene rings is 1. The molecular formula is C16H26BrNO3. The van der Waals surface area contributed by atoms with Gasteiger partial charge in [0.15, 0.2) is 0 Å². The van der Waals surface area contributed by atoms with Crippen molar-refractivity contribution in [3.63, 3.8) is 0 Å². The summed E-state index contributed by atoms with van der Waals surface area (Å²) in [5.41, 5.74) is 0.423. The van der Waals surface area contributed by atoms with Crippen LogP contribution in [-0.4, -0.2) is 37.6 Å². The molecule has 0 aliphatic heterocycles. The Morgan fingerprint density at radius 3 is 2.57 bits per heavy atom. The lowest BCUT2D eigenvalue weighted by Crippen LogP contribution is -2.34. The van der Waals surface area contributed by atoms with Crippen LogP contribution in [0.25, 0.3) is 0 Å². The van der Waals surface area contributed by atoms with Crippen LogP contribution >= 0.6 is 15.9 Å². The molecule has 0 spiro atoms. The summed E-state index contributed by atoms with van der Waals surface area (Å²) in [5.74, 6) is 0.760. The second-order valence-electron chi connectivity index (χ2n) is 5.15. The van der Waals surface area contributed by atoms with Crippen LogP contribution < -0.4 is 10.1 Å². The number of hydrogen-bond acceptors (Lipinski definition) is 4. The lowest BCUT2D eigenvalue weighted by molar-refractivity contribution is -0.0115. The van der Waals surface area contributed by atoms with Gasteiger partial charge in [0.2, 0.25) is 0 Å². The monoisotopic (exact) mass is 359 g/mol. The largest absolute Gasteiger partial charge is 0.489 e. The fraction of sp³-hybridized carbons (Fsp3) is 0.625. The van der Waals surface area contributed by atoms with Gasteiger partial charge in [-0.1, -0.05) is 19.9 Å². The molecule has 1 aromatic rings. The minimum Gasteiger partial charge on any atom is -0.489 e. The lowest BCUT2D eigenvalue weighted by atomic mass is 9.99. The maximum atomic E-state index is 10.2. The third-order valence-electron chi connectivity index (χ3n) is 3.62. The van der Waals surface area contributed by atoms with Crippen molar-refractivity contribution in [3.8, 4) is 5.75 Å². The van der Waals surface area contributed by atoms with E-state index >= 15 is 0 Å². The molecule has 0 atom stereocenters. The number of hydrogen-bond donors (Lipinski definition) is 2. The second kappa shape index (κ2) is 9.41. The van der Waals surface area contributed by atoms with E-state index in [-0.39, 0.29) is 0 Å². The maximum absolute atomic E-state index is 10.2. The fourth-order valence-corrected chi connectivity index (χ4v) is 2.39. The van der Waals surface area contributed by atoms with Crippen molar-refractivity contribution < 1.29 is 14.6 Å². The highest BCUT2D eigenvalue weighted by molar-refractivity contribution is 9.10. The summed E-state index contributed by atoms with van der Waals surface area (Å²) in [4.78, 5) is 0. The minimum absolute atomic E-state index is 0.310. The lowest BCUT2D eigenvalue weighted by Gasteiger charge is -2.25. The fourth-order valence-electron chi connectivity index (χ4n) is 1.84. The van der Waals surface area contributed by atoms with Crippen molar-refractivity contribution in [2.24, 2.45) is 0 Å². The highest BCUT2D eigenvalue weighted by Crippen LogP contribution is 2.27. The summed E-state index contributed by atoms with van der Waals surface area (Å²) in [7, 11) is 1.69. The SMILES string of the molecule is CCC(O)(CC)COc1ccc(CNCCOC)cc1Br. The zero-order valence-electron chi connectivity index (χ0n) is 13.1. The molecule has 21 heavy (non-hydrogen) atoms. The Hall–Kier alpha value is -0.620. The van der Waals surface area contributed by atoms with E-state index in [0.29, 0.717) is 26.1 Å². The van der Waals surface area contributed by atoms with Crippen molar-refractivity contribution in [1.82, 2.24) is 5.32 Å². The van der Waals surface area contributed by atoms with E-state index < -0.39 is 5.60 Å². The standard InChI is InChI=1S/C16H26BrNO3/c1-4-16(19,5-2)12-21-15-7-6-13(10-14(15)17)11-18-8-9-20-3/h6-7,10,18-19H,4-5,8-9,11-12H2,1-3H3. The Balaban J connectivity index is 2.54. The molecule has 5 heteroatoms. The Kier molecular flexibility index (Phi) is 8.26. The summed E-state index contributed by atoms with van der Waals surface area (Å²) in [6, 6.07) is 5.99. The van der Waals surface area contributed by atoms with Crippen molar-refractivity contribution in [2.75, 3.05) is 26.9 Å². The van der Waals surface area contributed by atoms with Crippen LogP contribution in [0.2, 0.25) is 0 Å². The Morgan fingerprint density at radius 1 is 1.29 bits per heavy atom. The zero-order valence-corrected chi connectivity index (χ0v) is 14.7. The van der Waals surface area contributed by atoms with Gasteiger partial charge in [-0.15, -0.1) is 0 Å². The molecule has 0 radical (unpaired) electrons. The third-order valence-corrected chi connectivity index (χ3v) is 4.24. The van der Waals surface area contributed by atoms with Gasteiger partial charge in [0, 0.05) is 20.2 Å². The first-order valence-corrected chi connectivity index (χ1v) is 8.17. The van der Waals surface area contributed by atoms with Crippen LogP contribution in [-0.2, 0) is 11.3 Å². The van der Waals surface area contributed by atoms with Gasteiger partial charge >= 0.3 is 0 Å². The predicted molar refractivity (Wildman–Crippen MR) is 88.8 cm³/mol. The van der Waals surface area contributed by atoms with Crippen LogP contribution in [0.15, 0.2) is 22.7 Å². The van der Waals surface area contributed by atoms with E-state index in [1.54, 1.807) is 7.11 Å². The topological polar surface area (TPSA) is 50.7 Å². The van der Waals surface area contributed by atoms with E-state index in [2.05, 4.69) is 21.2 Å². The zero-order chi connectivity index (χ0) is 15.7. The number of methoxy groups -OCH3 is 1. The van der Waals surface area contributed by atoms with Gasteiger partial charge in [0.05, 0.1) is 16.7 Å². The molecule has 1 aromatic carbocycles. The molecular weight excluding hydrogens is 334 g/mol. The van der Waals surface area contributed by atoms with E-state index in [4.69, 9.17) is 9.47 Å². The normalized spacial score (nSPS) is 11.7. The van der Waals surface area contributed by atoms with Gasteiger partial charge in [-0.25, -0.2) is 0 Å². The molecule has 0 aliphatic carbocycles. The van der Waals surface area contributed by atoms with Gasteiger partial charge in [-0.3, -0.25) is 0 Å². The molecule has 0 aliphatic rings. The summed E-state index contributed by atoms with van der Waals surface area (Å²) in [6.45, 7) is 6.56. The summed E-state index contributed by atoms with van der Waals surface area (Å²) >= 11 is 3.52. The highest BCUT2D eigenvalue weighted by Gasteiger charge is 2.23. The third kappa shape index (κ3) is 6.34. The number of aliphatic hydroxyl groups is 1. The quantitative estimate of drug-likeness (QED) is 0.630. The average molecular weight is 360 g/mol. The molecule has 0 aromatic heterocycles. The van der Waals surface area contributed by atoms with E-state index in [1.807, 2.05) is 32.0 Å². The first kappa shape index (κ1) is 18.4.